The fraction of sp³-hybridized carbons (Fsp3) is 0.467. The van der Waals surface area contributed by atoms with Gasteiger partial charge in [-0.25, -0.2) is 0 Å². The third-order valence-electron chi connectivity index (χ3n) is 7.02. The summed E-state index contributed by atoms with van der Waals surface area (Å²) >= 11 is 0. The van der Waals surface area contributed by atoms with E-state index in [0.29, 0.717) is 42.3 Å². The molecule has 3 rings (SSSR count). The third-order valence-corrected chi connectivity index (χ3v) is 7.02. The Bertz CT molecular complexity index is 1190. The highest BCUT2D eigenvalue weighted by molar-refractivity contribution is 6.46. The van der Waals surface area contributed by atoms with Gasteiger partial charge in [-0.1, -0.05) is 33.8 Å². The predicted molar refractivity (Wildman–Crippen MR) is 148 cm³/mol. The van der Waals surface area contributed by atoms with Gasteiger partial charge in [-0.3, -0.25) is 9.59 Å². The molecule has 1 fully saturated rings. The lowest BCUT2D eigenvalue weighted by Crippen LogP contribution is -2.38. The van der Waals surface area contributed by atoms with Gasteiger partial charge in [0.05, 0.1) is 32.4 Å². The monoisotopic (exact) mass is 524 g/mol. The number of Topliss-reactive ketones (excluding diaryl/α,β-unsaturated/α-hetero) is 1. The highest BCUT2D eigenvalue weighted by Crippen LogP contribution is 2.42. The fourth-order valence-corrected chi connectivity index (χ4v) is 4.86. The number of ketones is 1. The predicted octanol–water partition coefficient (Wildman–Crippen LogP) is 4.99. The van der Waals surface area contributed by atoms with Crippen LogP contribution in [0.3, 0.4) is 0 Å². The number of hydrogen-bond donors (Lipinski definition) is 1. The van der Waals surface area contributed by atoms with Gasteiger partial charge in [0.1, 0.15) is 11.5 Å². The molecule has 0 spiro atoms. The molecule has 0 radical (unpaired) electrons. The van der Waals surface area contributed by atoms with Crippen LogP contribution in [0.25, 0.3) is 5.76 Å². The number of carbonyl (C=O) groups excluding carboxylic acids is 2. The Morgan fingerprint density at radius 2 is 1.63 bits per heavy atom. The summed E-state index contributed by atoms with van der Waals surface area (Å²) in [5.74, 6) is 0.318. The van der Waals surface area contributed by atoms with Crippen LogP contribution >= 0.6 is 0 Å². The lowest BCUT2D eigenvalue weighted by molar-refractivity contribution is -0.140. The summed E-state index contributed by atoms with van der Waals surface area (Å²) in [5, 5.41) is 11.6. The molecule has 0 saturated carbocycles. The highest BCUT2D eigenvalue weighted by Gasteiger charge is 2.46. The van der Waals surface area contributed by atoms with Crippen LogP contribution < -0.4 is 14.2 Å². The second kappa shape index (κ2) is 12.8. The SMILES string of the molecule is CCOc1ccc(/C(O)=C2\C(=O)C(=O)N(CCN(CC)CC)C2c2ccc(OC)c(OC)c2)cc1C(C)C. The average Bonchev–Trinajstić information content (AvgIpc) is 3.18. The zero-order valence-corrected chi connectivity index (χ0v) is 23.5. The van der Waals surface area contributed by atoms with Gasteiger partial charge in [0.2, 0.25) is 0 Å². The first kappa shape index (κ1) is 29.0. The Balaban J connectivity index is 2.19. The van der Waals surface area contributed by atoms with Crippen LogP contribution in [0, 0.1) is 0 Å². The third kappa shape index (κ3) is 5.80. The number of rotatable bonds is 12. The molecule has 8 heteroatoms. The van der Waals surface area contributed by atoms with E-state index in [1.807, 2.05) is 26.8 Å². The number of methoxy groups -OCH3 is 2. The molecule has 0 bridgehead atoms. The Kier molecular flexibility index (Phi) is 9.80. The summed E-state index contributed by atoms with van der Waals surface area (Å²) in [6, 6.07) is 9.88. The van der Waals surface area contributed by atoms with Crippen LogP contribution in [0.2, 0.25) is 0 Å². The van der Waals surface area contributed by atoms with Crippen molar-refractivity contribution in [3.05, 3.63) is 58.7 Å². The minimum Gasteiger partial charge on any atom is -0.507 e. The van der Waals surface area contributed by atoms with Crippen molar-refractivity contribution in [1.29, 1.82) is 0 Å². The second-order valence-electron chi connectivity index (χ2n) is 9.47. The highest BCUT2D eigenvalue weighted by atomic mass is 16.5. The maximum Gasteiger partial charge on any atom is 0.295 e. The van der Waals surface area contributed by atoms with Gasteiger partial charge >= 0.3 is 0 Å². The van der Waals surface area contributed by atoms with E-state index < -0.39 is 17.7 Å². The van der Waals surface area contributed by atoms with E-state index in [0.717, 1.165) is 24.4 Å². The molecule has 206 valence electrons. The van der Waals surface area contributed by atoms with Crippen molar-refractivity contribution in [2.45, 2.75) is 46.6 Å². The number of amides is 1. The molecule has 1 aliphatic rings. The number of ether oxygens (including phenoxy) is 3. The van der Waals surface area contributed by atoms with Gasteiger partial charge in [0.15, 0.2) is 11.5 Å². The van der Waals surface area contributed by atoms with E-state index in [1.54, 1.807) is 42.3 Å². The van der Waals surface area contributed by atoms with Crippen molar-refractivity contribution in [2.24, 2.45) is 0 Å². The van der Waals surface area contributed by atoms with Crippen molar-refractivity contribution in [2.75, 3.05) is 47.0 Å². The second-order valence-corrected chi connectivity index (χ2v) is 9.47. The van der Waals surface area contributed by atoms with Crippen molar-refractivity contribution in [1.82, 2.24) is 9.80 Å². The lowest BCUT2D eigenvalue weighted by Gasteiger charge is -2.28. The van der Waals surface area contributed by atoms with Crippen LogP contribution in [0.1, 0.15) is 63.3 Å². The number of benzene rings is 2. The Labute approximate surface area is 225 Å². The number of carbonyl (C=O) groups is 2. The molecule has 0 aromatic heterocycles. The van der Waals surface area contributed by atoms with Gasteiger partial charge in [-0.05, 0) is 67.4 Å². The van der Waals surface area contributed by atoms with Crippen LogP contribution in [-0.4, -0.2) is 73.6 Å². The van der Waals surface area contributed by atoms with E-state index in [1.165, 1.54) is 7.11 Å². The van der Waals surface area contributed by atoms with Crippen LogP contribution in [0.5, 0.6) is 17.2 Å². The molecule has 2 aromatic rings. The first-order valence-corrected chi connectivity index (χ1v) is 13.2. The first-order chi connectivity index (χ1) is 18.2. The van der Waals surface area contributed by atoms with Crippen molar-refractivity contribution >= 4 is 17.4 Å². The molecule has 1 unspecified atom stereocenters. The summed E-state index contributed by atoms with van der Waals surface area (Å²) in [6.07, 6.45) is 0. The molecule has 0 aliphatic carbocycles. The molecule has 1 atom stereocenters. The van der Waals surface area contributed by atoms with E-state index in [9.17, 15) is 14.7 Å². The summed E-state index contributed by atoms with van der Waals surface area (Å²) in [4.78, 5) is 30.5. The number of aliphatic hydroxyl groups excluding tert-OH is 1. The summed E-state index contributed by atoms with van der Waals surface area (Å²) in [6.45, 7) is 13.2. The summed E-state index contributed by atoms with van der Waals surface area (Å²) in [7, 11) is 3.08. The van der Waals surface area contributed by atoms with Gasteiger partial charge in [0, 0.05) is 18.7 Å². The Hall–Kier alpha value is -3.52. The number of likely N-dealkylation sites (N-methyl/N-ethyl adjacent to an activating group) is 1. The molecular weight excluding hydrogens is 484 g/mol. The molecule has 1 N–H and O–H groups in total. The van der Waals surface area contributed by atoms with E-state index in [-0.39, 0.29) is 17.3 Å². The average molecular weight is 525 g/mol. The number of aliphatic hydroxyl groups is 1. The maximum atomic E-state index is 13.5. The summed E-state index contributed by atoms with van der Waals surface area (Å²) < 4.78 is 16.7. The molecule has 2 aromatic carbocycles. The van der Waals surface area contributed by atoms with Crippen LogP contribution in [0.4, 0.5) is 0 Å². The minimum absolute atomic E-state index is 0.0561. The molecule has 8 nitrogen and oxygen atoms in total. The molecule has 1 saturated heterocycles. The zero-order chi connectivity index (χ0) is 28.0. The molecule has 1 heterocycles. The Morgan fingerprint density at radius 1 is 0.974 bits per heavy atom. The molecule has 38 heavy (non-hydrogen) atoms. The van der Waals surface area contributed by atoms with E-state index in [4.69, 9.17) is 14.2 Å². The lowest BCUT2D eigenvalue weighted by atomic mass is 9.93. The standard InChI is InChI=1S/C30H40N2O6/c1-8-31(9-2)15-16-32-27(20-11-14-24(36-6)25(18-20)37-7)26(29(34)30(32)35)28(33)21-12-13-23(38-10-3)22(17-21)19(4)5/h11-14,17-19,27,33H,8-10,15-16H2,1-7H3/b28-26+. The number of likely N-dealkylation sites (tertiary alicyclic amines) is 1. The number of nitrogens with zero attached hydrogens (tertiary/aromatic N) is 2. The van der Waals surface area contributed by atoms with Gasteiger partial charge in [-0.15, -0.1) is 0 Å². The van der Waals surface area contributed by atoms with Crippen molar-refractivity contribution in [3.8, 4) is 17.2 Å². The molecule has 1 aliphatic heterocycles. The minimum atomic E-state index is -0.778. The summed E-state index contributed by atoms with van der Waals surface area (Å²) in [5.41, 5.74) is 2.08. The molecular formula is C30H40N2O6. The van der Waals surface area contributed by atoms with E-state index >= 15 is 0 Å². The van der Waals surface area contributed by atoms with Gasteiger partial charge in [0.25, 0.3) is 11.7 Å². The van der Waals surface area contributed by atoms with E-state index in [2.05, 4.69) is 18.7 Å². The smallest absolute Gasteiger partial charge is 0.295 e. The van der Waals surface area contributed by atoms with Gasteiger partial charge in [-0.2, -0.15) is 0 Å². The Morgan fingerprint density at radius 3 is 2.21 bits per heavy atom. The van der Waals surface area contributed by atoms with Gasteiger partial charge < -0.3 is 29.1 Å². The molecule has 1 amide bonds. The van der Waals surface area contributed by atoms with Crippen LogP contribution in [0.15, 0.2) is 42.0 Å². The van der Waals surface area contributed by atoms with Crippen LogP contribution in [-0.2, 0) is 9.59 Å². The normalized spacial score (nSPS) is 17.0. The zero-order valence-electron chi connectivity index (χ0n) is 23.5. The topological polar surface area (TPSA) is 88.5 Å². The van der Waals surface area contributed by atoms with Crippen molar-refractivity contribution in [3.63, 3.8) is 0 Å². The quantitative estimate of drug-likeness (QED) is 0.238. The maximum absolute atomic E-state index is 13.5. The number of hydrogen-bond acceptors (Lipinski definition) is 7. The fourth-order valence-electron chi connectivity index (χ4n) is 4.86. The van der Waals surface area contributed by atoms with Crippen molar-refractivity contribution < 1.29 is 28.9 Å². The largest absolute Gasteiger partial charge is 0.507 e. The first-order valence-electron chi connectivity index (χ1n) is 13.2.